The zero-order valence-electron chi connectivity index (χ0n) is 20.5. The van der Waals surface area contributed by atoms with Crippen molar-refractivity contribution < 1.29 is 9.53 Å². The Morgan fingerprint density at radius 1 is 1.24 bits per heavy atom. The summed E-state index contributed by atoms with van der Waals surface area (Å²) in [7, 11) is 0. The zero-order valence-corrected chi connectivity index (χ0v) is 20.5. The van der Waals surface area contributed by atoms with Crippen LogP contribution in [0.25, 0.3) is 0 Å². The molecule has 1 saturated heterocycles. The van der Waals surface area contributed by atoms with Gasteiger partial charge in [0.25, 0.3) is 0 Å². The maximum atomic E-state index is 13.0. The molecule has 0 spiro atoms. The average Bonchev–Trinajstić information content (AvgIpc) is 3.69. The van der Waals surface area contributed by atoms with Gasteiger partial charge in [-0.2, -0.15) is 5.26 Å². The van der Waals surface area contributed by atoms with E-state index in [0.717, 1.165) is 35.6 Å². The van der Waals surface area contributed by atoms with Crippen LogP contribution in [-0.2, 0) is 22.6 Å². The number of nitriles is 1. The van der Waals surface area contributed by atoms with Crippen molar-refractivity contribution in [1.29, 1.82) is 5.26 Å². The molecule has 2 saturated carbocycles. The van der Waals surface area contributed by atoms with Crippen LogP contribution in [0.2, 0.25) is 0 Å². The summed E-state index contributed by atoms with van der Waals surface area (Å²) in [6.07, 6.45) is 5.43. The normalized spacial score (nSPS) is 24.5. The summed E-state index contributed by atoms with van der Waals surface area (Å²) < 4.78 is 6.12. The lowest BCUT2D eigenvalue weighted by molar-refractivity contribution is -0.134. The van der Waals surface area contributed by atoms with Gasteiger partial charge in [-0.15, -0.1) is 0 Å². The quantitative estimate of drug-likeness (QED) is 0.716. The third-order valence-corrected chi connectivity index (χ3v) is 7.64. The Kier molecular flexibility index (Phi) is 5.86. The molecule has 1 N–H and O–H groups in total. The second-order valence-electron chi connectivity index (χ2n) is 11.3. The molecule has 3 fully saturated rings. The number of nitrogens with zero attached hydrogens (tertiary/aromatic N) is 4. The first-order valence-electron chi connectivity index (χ1n) is 12.6. The van der Waals surface area contributed by atoms with E-state index in [2.05, 4.69) is 48.9 Å². The minimum Gasteiger partial charge on any atom is -0.370 e. The molecule has 5 rings (SSSR count). The molecular weight excluding hydrogens is 414 g/mol. The number of pyridine rings is 1. The Morgan fingerprint density at radius 3 is 2.64 bits per heavy atom. The molecule has 4 aliphatic rings. The fraction of sp³-hybridized carbons (Fsp3) is 0.731. The van der Waals surface area contributed by atoms with Gasteiger partial charge in [-0.05, 0) is 51.0 Å². The molecular formula is C26H37N5O2. The SMILES string of the molecule is CC(C)[C@@H]1CN(c2nc(C3CC3)c3c(c2C#N)CC(C)(C)OC3)CCN1C(=O)CNC1CC1. The van der Waals surface area contributed by atoms with Crippen LogP contribution >= 0.6 is 0 Å². The fourth-order valence-electron chi connectivity index (χ4n) is 5.32. The second-order valence-corrected chi connectivity index (χ2v) is 11.3. The van der Waals surface area contributed by atoms with Crippen LogP contribution in [0, 0.1) is 17.2 Å². The number of anilines is 1. The maximum absolute atomic E-state index is 13.0. The summed E-state index contributed by atoms with van der Waals surface area (Å²) >= 11 is 0. The number of amides is 1. The topological polar surface area (TPSA) is 81.5 Å². The van der Waals surface area contributed by atoms with Gasteiger partial charge in [0.1, 0.15) is 11.9 Å². The lowest BCUT2D eigenvalue weighted by Crippen LogP contribution is -2.59. The van der Waals surface area contributed by atoms with Crippen molar-refractivity contribution in [2.75, 3.05) is 31.1 Å². The van der Waals surface area contributed by atoms with Gasteiger partial charge < -0.3 is 19.9 Å². The predicted molar refractivity (Wildman–Crippen MR) is 127 cm³/mol. The minimum absolute atomic E-state index is 0.112. The number of nitrogens with one attached hydrogen (secondary N) is 1. The Labute approximate surface area is 197 Å². The number of rotatable bonds is 6. The van der Waals surface area contributed by atoms with E-state index >= 15 is 0 Å². The van der Waals surface area contributed by atoms with Crippen molar-refractivity contribution >= 4 is 11.7 Å². The summed E-state index contributed by atoms with van der Waals surface area (Å²) in [5.74, 6) is 1.84. The largest absolute Gasteiger partial charge is 0.370 e. The summed E-state index contributed by atoms with van der Waals surface area (Å²) in [6, 6.07) is 3.15. The smallest absolute Gasteiger partial charge is 0.236 e. The van der Waals surface area contributed by atoms with Crippen LogP contribution in [0.3, 0.4) is 0 Å². The van der Waals surface area contributed by atoms with Crippen LogP contribution in [-0.4, -0.2) is 59.7 Å². The predicted octanol–water partition coefficient (Wildman–Crippen LogP) is 3.11. The third-order valence-electron chi connectivity index (χ3n) is 7.64. The number of fused-ring (bicyclic) bond motifs is 1. The number of hydrogen-bond acceptors (Lipinski definition) is 6. The summed E-state index contributed by atoms with van der Waals surface area (Å²) in [4.78, 5) is 22.4. The van der Waals surface area contributed by atoms with Crippen molar-refractivity contribution in [2.24, 2.45) is 5.92 Å². The minimum atomic E-state index is -0.280. The molecule has 0 bridgehead atoms. The molecule has 7 heteroatoms. The Balaban J connectivity index is 1.44. The highest BCUT2D eigenvalue weighted by molar-refractivity contribution is 5.79. The molecule has 0 aromatic carbocycles. The van der Waals surface area contributed by atoms with E-state index in [1.807, 2.05) is 0 Å². The summed E-state index contributed by atoms with van der Waals surface area (Å²) in [6.45, 7) is 11.6. The van der Waals surface area contributed by atoms with Crippen LogP contribution in [0.1, 0.15) is 81.7 Å². The number of ether oxygens (including phenoxy) is 1. The molecule has 2 aliphatic carbocycles. The molecule has 0 unspecified atom stereocenters. The molecule has 1 atom stereocenters. The number of piperazine rings is 1. The van der Waals surface area contributed by atoms with Gasteiger partial charge in [-0.1, -0.05) is 13.8 Å². The lowest BCUT2D eigenvalue weighted by atomic mass is 9.87. The van der Waals surface area contributed by atoms with Gasteiger partial charge in [0.15, 0.2) is 0 Å². The van der Waals surface area contributed by atoms with E-state index in [1.165, 1.54) is 25.7 Å². The maximum Gasteiger partial charge on any atom is 0.236 e. The van der Waals surface area contributed by atoms with E-state index in [4.69, 9.17) is 9.72 Å². The molecule has 1 aromatic heterocycles. The molecule has 33 heavy (non-hydrogen) atoms. The second kappa shape index (κ2) is 8.56. The van der Waals surface area contributed by atoms with Crippen molar-refractivity contribution in [2.45, 2.75) is 90.0 Å². The lowest BCUT2D eigenvalue weighted by Gasteiger charge is -2.44. The van der Waals surface area contributed by atoms with E-state index in [-0.39, 0.29) is 17.6 Å². The van der Waals surface area contributed by atoms with Crippen molar-refractivity contribution in [1.82, 2.24) is 15.2 Å². The zero-order chi connectivity index (χ0) is 23.3. The van der Waals surface area contributed by atoms with E-state index in [0.29, 0.717) is 49.7 Å². The standard InChI is InChI=1S/C26H37N5O2/c1-16(2)22-14-30(9-10-31(22)23(32)13-28-18-7-8-18)25-20(12-27)19-11-26(3,4)33-15-21(19)24(29-25)17-5-6-17/h16-18,22,28H,5-11,13-15H2,1-4H3/t22-/m0/s1. The highest BCUT2D eigenvalue weighted by Crippen LogP contribution is 2.46. The van der Waals surface area contributed by atoms with Crippen LogP contribution in [0.5, 0.6) is 0 Å². The van der Waals surface area contributed by atoms with Crippen molar-refractivity contribution in [3.63, 3.8) is 0 Å². The number of hydrogen-bond donors (Lipinski definition) is 1. The number of aromatic nitrogens is 1. The number of carbonyl (C=O) groups is 1. The monoisotopic (exact) mass is 451 g/mol. The van der Waals surface area contributed by atoms with Gasteiger partial charge in [0.05, 0.1) is 36.1 Å². The molecule has 7 nitrogen and oxygen atoms in total. The molecule has 1 amide bonds. The first kappa shape index (κ1) is 22.6. The Hall–Kier alpha value is -2.17. The van der Waals surface area contributed by atoms with Crippen molar-refractivity contribution in [3.05, 3.63) is 22.4 Å². The highest BCUT2D eigenvalue weighted by Gasteiger charge is 2.39. The van der Waals surface area contributed by atoms with Gasteiger partial charge in [-0.25, -0.2) is 4.98 Å². The Bertz CT molecular complexity index is 974. The molecule has 3 heterocycles. The molecule has 1 aromatic rings. The average molecular weight is 452 g/mol. The van der Waals surface area contributed by atoms with Gasteiger partial charge in [0, 0.05) is 43.6 Å². The van der Waals surface area contributed by atoms with Gasteiger partial charge in [0.2, 0.25) is 5.91 Å². The van der Waals surface area contributed by atoms with Crippen LogP contribution < -0.4 is 10.2 Å². The molecule has 0 radical (unpaired) electrons. The van der Waals surface area contributed by atoms with Crippen LogP contribution in [0.15, 0.2) is 0 Å². The van der Waals surface area contributed by atoms with Gasteiger partial charge >= 0.3 is 0 Å². The highest BCUT2D eigenvalue weighted by atomic mass is 16.5. The first-order valence-corrected chi connectivity index (χ1v) is 12.6. The summed E-state index contributed by atoms with van der Waals surface area (Å²) in [5.41, 5.74) is 3.86. The first-order chi connectivity index (χ1) is 15.8. The molecule has 178 valence electrons. The fourth-order valence-corrected chi connectivity index (χ4v) is 5.32. The molecule has 2 aliphatic heterocycles. The van der Waals surface area contributed by atoms with Crippen molar-refractivity contribution in [3.8, 4) is 6.07 Å². The summed E-state index contributed by atoms with van der Waals surface area (Å²) in [5, 5.41) is 13.6. The van der Waals surface area contributed by atoms with E-state index in [1.54, 1.807) is 0 Å². The third kappa shape index (κ3) is 4.61. The van der Waals surface area contributed by atoms with E-state index in [9.17, 15) is 10.1 Å². The number of carbonyl (C=O) groups excluding carboxylic acids is 1. The Morgan fingerprint density at radius 2 is 2.00 bits per heavy atom. The van der Waals surface area contributed by atoms with Crippen LogP contribution in [0.4, 0.5) is 5.82 Å². The van der Waals surface area contributed by atoms with Gasteiger partial charge in [-0.3, -0.25) is 4.79 Å². The van der Waals surface area contributed by atoms with E-state index < -0.39 is 0 Å².